The fraction of sp³-hybridized carbons (Fsp3) is 0.571. The molecule has 0 amide bonds. The predicted octanol–water partition coefficient (Wildman–Crippen LogP) is 0.713. The van der Waals surface area contributed by atoms with Gasteiger partial charge in [0.25, 0.3) is 0 Å². The van der Waals surface area contributed by atoms with Gasteiger partial charge in [0.15, 0.2) is 0 Å². The zero-order chi connectivity index (χ0) is 12.8. The van der Waals surface area contributed by atoms with Crippen LogP contribution in [0.1, 0.15) is 18.4 Å². The quantitative estimate of drug-likeness (QED) is 0.637. The number of rotatable bonds is 8. The van der Waals surface area contributed by atoms with E-state index in [4.69, 9.17) is 9.84 Å². The van der Waals surface area contributed by atoms with Gasteiger partial charge in [-0.2, -0.15) is 0 Å². The van der Waals surface area contributed by atoms with Crippen LogP contribution in [-0.2, 0) is 6.42 Å². The van der Waals surface area contributed by atoms with Crippen molar-refractivity contribution in [3.8, 4) is 5.75 Å². The van der Waals surface area contributed by atoms with Crippen molar-refractivity contribution in [2.45, 2.75) is 31.4 Å². The molecular weight excluding hydrogens is 230 g/mol. The third kappa shape index (κ3) is 4.29. The lowest BCUT2D eigenvalue weighted by atomic mass is 10.1. The number of ether oxygens (including phenoxy) is 1. The molecule has 0 heterocycles. The van der Waals surface area contributed by atoms with Gasteiger partial charge in [-0.15, -0.1) is 0 Å². The molecule has 1 aromatic carbocycles. The first kappa shape index (κ1) is 13.3. The predicted molar refractivity (Wildman–Crippen MR) is 69.8 cm³/mol. The molecule has 100 valence electrons. The van der Waals surface area contributed by atoms with E-state index < -0.39 is 6.10 Å². The lowest BCUT2D eigenvalue weighted by Crippen LogP contribution is -2.32. The molecule has 1 aromatic rings. The topological polar surface area (TPSA) is 61.7 Å². The first-order chi connectivity index (χ1) is 8.79. The molecule has 4 nitrogen and oxygen atoms in total. The fourth-order valence-corrected chi connectivity index (χ4v) is 1.81. The van der Waals surface area contributed by atoms with Crippen LogP contribution in [0.4, 0.5) is 0 Å². The highest BCUT2D eigenvalue weighted by Gasteiger charge is 2.21. The maximum absolute atomic E-state index is 9.77. The normalized spacial score (nSPS) is 16.6. The minimum atomic E-state index is -0.493. The van der Waals surface area contributed by atoms with Crippen LogP contribution < -0.4 is 10.1 Å². The van der Waals surface area contributed by atoms with Crippen LogP contribution in [0.2, 0.25) is 0 Å². The molecule has 1 fully saturated rings. The van der Waals surface area contributed by atoms with Gasteiger partial charge < -0.3 is 20.3 Å². The first-order valence-electron chi connectivity index (χ1n) is 6.52. The molecule has 0 radical (unpaired) electrons. The standard InChI is InChI=1S/C14H21NO3/c16-8-7-11-3-1-2-4-14(11)18-10-13(17)9-15-12-5-6-12/h1-4,12-13,15-17H,5-10H2. The maximum atomic E-state index is 9.77. The van der Waals surface area contributed by atoms with Gasteiger partial charge in [0.2, 0.25) is 0 Å². The number of aliphatic hydroxyl groups is 2. The van der Waals surface area contributed by atoms with E-state index in [0.717, 1.165) is 11.3 Å². The summed E-state index contributed by atoms with van der Waals surface area (Å²) >= 11 is 0. The van der Waals surface area contributed by atoms with Crippen molar-refractivity contribution in [1.82, 2.24) is 5.32 Å². The van der Waals surface area contributed by atoms with Gasteiger partial charge in [-0.1, -0.05) is 18.2 Å². The molecule has 0 bridgehead atoms. The largest absolute Gasteiger partial charge is 0.491 e. The molecule has 0 aliphatic heterocycles. The number of benzene rings is 1. The summed E-state index contributed by atoms with van der Waals surface area (Å²) in [5.41, 5.74) is 0.974. The highest BCUT2D eigenvalue weighted by atomic mass is 16.5. The molecular formula is C14H21NO3. The smallest absolute Gasteiger partial charge is 0.122 e. The third-order valence-corrected chi connectivity index (χ3v) is 3.00. The van der Waals surface area contributed by atoms with Crippen molar-refractivity contribution in [2.24, 2.45) is 0 Å². The molecule has 1 aliphatic rings. The summed E-state index contributed by atoms with van der Waals surface area (Å²) in [6.07, 6.45) is 2.51. The fourth-order valence-electron chi connectivity index (χ4n) is 1.81. The van der Waals surface area contributed by atoms with Crippen LogP contribution in [0.5, 0.6) is 5.75 Å². The number of nitrogens with one attached hydrogen (secondary N) is 1. The summed E-state index contributed by atoms with van der Waals surface area (Å²) in [4.78, 5) is 0. The average Bonchev–Trinajstić information content (AvgIpc) is 3.20. The van der Waals surface area contributed by atoms with Gasteiger partial charge in [0.1, 0.15) is 18.5 Å². The summed E-state index contributed by atoms with van der Waals surface area (Å²) in [6, 6.07) is 8.21. The number of para-hydroxylation sites is 1. The highest BCUT2D eigenvalue weighted by Crippen LogP contribution is 2.19. The molecule has 1 unspecified atom stereocenters. The molecule has 0 aromatic heterocycles. The average molecular weight is 251 g/mol. The molecule has 0 spiro atoms. The van der Waals surface area contributed by atoms with Crippen LogP contribution in [0.25, 0.3) is 0 Å². The van der Waals surface area contributed by atoms with Crippen LogP contribution >= 0.6 is 0 Å². The number of hydrogen-bond acceptors (Lipinski definition) is 4. The van der Waals surface area contributed by atoms with E-state index >= 15 is 0 Å². The van der Waals surface area contributed by atoms with Gasteiger partial charge >= 0.3 is 0 Å². The zero-order valence-electron chi connectivity index (χ0n) is 10.5. The van der Waals surface area contributed by atoms with Crippen LogP contribution in [0, 0.1) is 0 Å². The maximum Gasteiger partial charge on any atom is 0.122 e. The van der Waals surface area contributed by atoms with E-state index in [1.807, 2.05) is 24.3 Å². The van der Waals surface area contributed by atoms with Crippen LogP contribution in [0.3, 0.4) is 0 Å². The van der Waals surface area contributed by atoms with Crippen molar-refractivity contribution in [3.05, 3.63) is 29.8 Å². The molecule has 1 aliphatic carbocycles. The Morgan fingerprint density at radius 2 is 2.11 bits per heavy atom. The van der Waals surface area contributed by atoms with E-state index in [1.54, 1.807) is 0 Å². The van der Waals surface area contributed by atoms with Gasteiger partial charge in [0.05, 0.1) is 0 Å². The Balaban J connectivity index is 1.77. The van der Waals surface area contributed by atoms with E-state index in [1.165, 1.54) is 12.8 Å². The highest BCUT2D eigenvalue weighted by molar-refractivity contribution is 5.33. The number of hydrogen-bond donors (Lipinski definition) is 3. The monoisotopic (exact) mass is 251 g/mol. The Hall–Kier alpha value is -1.10. The van der Waals surface area contributed by atoms with Crippen LogP contribution in [0.15, 0.2) is 24.3 Å². The SMILES string of the molecule is OCCc1ccccc1OCC(O)CNC1CC1. The van der Waals surface area contributed by atoms with Gasteiger partial charge in [-0.25, -0.2) is 0 Å². The molecule has 18 heavy (non-hydrogen) atoms. The second-order valence-corrected chi connectivity index (χ2v) is 4.73. The van der Waals surface area contributed by atoms with Crippen molar-refractivity contribution in [3.63, 3.8) is 0 Å². The van der Waals surface area contributed by atoms with Gasteiger partial charge in [-0.3, -0.25) is 0 Å². The van der Waals surface area contributed by atoms with E-state index in [9.17, 15) is 5.11 Å². The molecule has 4 heteroatoms. The Bertz CT molecular complexity index is 366. The first-order valence-corrected chi connectivity index (χ1v) is 6.52. The zero-order valence-corrected chi connectivity index (χ0v) is 10.5. The summed E-state index contributed by atoms with van der Waals surface area (Å²) in [7, 11) is 0. The summed E-state index contributed by atoms with van der Waals surface area (Å²) in [6.45, 7) is 0.959. The molecule has 3 N–H and O–H groups in total. The lowest BCUT2D eigenvalue weighted by molar-refractivity contribution is 0.105. The summed E-state index contributed by atoms with van der Waals surface area (Å²) in [5, 5.41) is 22.0. The van der Waals surface area contributed by atoms with Crippen molar-refractivity contribution in [1.29, 1.82) is 0 Å². The third-order valence-electron chi connectivity index (χ3n) is 3.00. The Kier molecular flexibility index (Phi) is 4.99. The molecule has 0 saturated heterocycles. The summed E-state index contributed by atoms with van der Waals surface area (Å²) in [5.74, 6) is 0.747. The Morgan fingerprint density at radius 3 is 2.83 bits per heavy atom. The van der Waals surface area contributed by atoms with Crippen molar-refractivity contribution in [2.75, 3.05) is 19.8 Å². The lowest BCUT2D eigenvalue weighted by Gasteiger charge is -2.15. The minimum absolute atomic E-state index is 0.103. The van der Waals surface area contributed by atoms with E-state index in [2.05, 4.69) is 5.32 Å². The molecule has 1 saturated carbocycles. The van der Waals surface area contributed by atoms with E-state index in [0.29, 0.717) is 19.0 Å². The van der Waals surface area contributed by atoms with Gasteiger partial charge in [-0.05, 0) is 30.9 Å². The van der Waals surface area contributed by atoms with Crippen LogP contribution in [-0.4, -0.2) is 42.1 Å². The van der Waals surface area contributed by atoms with Gasteiger partial charge in [0, 0.05) is 19.2 Å². The second-order valence-electron chi connectivity index (χ2n) is 4.73. The van der Waals surface area contributed by atoms with E-state index in [-0.39, 0.29) is 13.2 Å². The second kappa shape index (κ2) is 6.73. The molecule has 1 atom stereocenters. The minimum Gasteiger partial charge on any atom is -0.491 e. The molecule has 2 rings (SSSR count). The Labute approximate surface area is 108 Å². The summed E-state index contributed by atoms with van der Waals surface area (Å²) < 4.78 is 5.60. The van der Waals surface area contributed by atoms with Crippen molar-refractivity contribution < 1.29 is 14.9 Å². The number of aliphatic hydroxyl groups excluding tert-OH is 2. The van der Waals surface area contributed by atoms with Crippen molar-refractivity contribution >= 4 is 0 Å². The Morgan fingerprint density at radius 1 is 1.33 bits per heavy atom.